The van der Waals surface area contributed by atoms with Gasteiger partial charge in [0.15, 0.2) is 18.1 Å². The van der Waals surface area contributed by atoms with E-state index in [0.717, 1.165) is 23.0 Å². The molecule has 5 nitrogen and oxygen atoms in total. The molecule has 0 saturated carbocycles. The Morgan fingerprint density at radius 1 is 1.33 bits per heavy atom. The molecule has 0 fully saturated rings. The SMILES string of the molecule is CCOCCOc1nsnc1-c1ccc[n+](C)c1. The summed E-state index contributed by atoms with van der Waals surface area (Å²) in [6.07, 6.45) is 3.96. The lowest BCUT2D eigenvalue weighted by atomic mass is 10.2. The van der Waals surface area contributed by atoms with E-state index in [1.165, 1.54) is 0 Å². The lowest BCUT2D eigenvalue weighted by Gasteiger charge is -2.04. The van der Waals surface area contributed by atoms with Gasteiger partial charge in [0.1, 0.15) is 13.7 Å². The van der Waals surface area contributed by atoms with Gasteiger partial charge in [-0.25, -0.2) is 4.57 Å². The first-order valence-electron chi connectivity index (χ1n) is 5.80. The maximum absolute atomic E-state index is 5.58. The Labute approximate surface area is 110 Å². The average molecular weight is 266 g/mol. The molecule has 0 aliphatic heterocycles. The van der Waals surface area contributed by atoms with Crippen LogP contribution in [0.5, 0.6) is 5.88 Å². The van der Waals surface area contributed by atoms with Crippen molar-refractivity contribution in [3.8, 4) is 17.1 Å². The predicted molar refractivity (Wildman–Crippen MR) is 68.5 cm³/mol. The molecule has 0 amide bonds. The molecule has 2 heterocycles. The van der Waals surface area contributed by atoms with Crippen LogP contribution >= 0.6 is 11.7 Å². The Morgan fingerprint density at radius 3 is 3.00 bits per heavy atom. The first-order chi connectivity index (χ1) is 8.81. The van der Waals surface area contributed by atoms with Gasteiger partial charge < -0.3 is 9.47 Å². The van der Waals surface area contributed by atoms with Crippen molar-refractivity contribution in [1.29, 1.82) is 0 Å². The van der Waals surface area contributed by atoms with Crippen molar-refractivity contribution in [1.82, 2.24) is 8.75 Å². The van der Waals surface area contributed by atoms with Gasteiger partial charge in [0.25, 0.3) is 5.88 Å². The first-order valence-corrected chi connectivity index (χ1v) is 6.53. The molecule has 0 aliphatic rings. The molecule has 0 N–H and O–H groups in total. The molecule has 6 heteroatoms. The second-order valence-corrected chi connectivity index (χ2v) is 4.25. The minimum atomic E-state index is 0.491. The number of pyridine rings is 1. The molecule has 0 bridgehead atoms. The largest absolute Gasteiger partial charge is 0.473 e. The molecular weight excluding hydrogens is 250 g/mol. The Morgan fingerprint density at radius 2 is 2.22 bits per heavy atom. The first kappa shape index (κ1) is 12.9. The summed E-state index contributed by atoms with van der Waals surface area (Å²) >= 11 is 1.16. The van der Waals surface area contributed by atoms with Gasteiger partial charge in [0, 0.05) is 12.7 Å². The van der Waals surface area contributed by atoms with Crippen LogP contribution in [-0.2, 0) is 11.8 Å². The molecule has 0 saturated heterocycles. The fourth-order valence-corrected chi connectivity index (χ4v) is 2.04. The van der Waals surface area contributed by atoms with Crippen LogP contribution in [0.2, 0.25) is 0 Å². The van der Waals surface area contributed by atoms with Crippen molar-refractivity contribution in [2.24, 2.45) is 7.05 Å². The van der Waals surface area contributed by atoms with E-state index in [9.17, 15) is 0 Å². The number of aromatic nitrogens is 3. The molecule has 0 aliphatic carbocycles. The van der Waals surface area contributed by atoms with Crippen molar-refractivity contribution < 1.29 is 14.0 Å². The Bertz CT molecular complexity index is 502. The number of rotatable bonds is 6. The fourth-order valence-electron chi connectivity index (χ4n) is 1.52. The highest BCUT2D eigenvalue weighted by atomic mass is 32.1. The lowest BCUT2D eigenvalue weighted by molar-refractivity contribution is -0.671. The third-order valence-electron chi connectivity index (χ3n) is 2.34. The summed E-state index contributed by atoms with van der Waals surface area (Å²) < 4.78 is 21.2. The molecule has 0 spiro atoms. The van der Waals surface area contributed by atoms with Crippen LogP contribution in [0.3, 0.4) is 0 Å². The third-order valence-corrected chi connectivity index (χ3v) is 2.85. The molecule has 0 atom stereocenters. The standard InChI is InChI=1S/C12H16N3O2S/c1-3-16-7-8-17-12-11(13-18-14-12)10-5-4-6-15(2)9-10/h4-6,9H,3,7-8H2,1-2H3/q+1. The Hall–Kier alpha value is -1.53. The van der Waals surface area contributed by atoms with Gasteiger partial charge >= 0.3 is 0 Å². The monoisotopic (exact) mass is 266 g/mol. The molecule has 0 aromatic carbocycles. The number of nitrogens with zero attached hydrogens (tertiary/aromatic N) is 3. The van der Waals surface area contributed by atoms with Crippen LogP contribution in [0.1, 0.15) is 6.92 Å². The van der Waals surface area contributed by atoms with E-state index in [0.29, 0.717) is 25.7 Å². The second-order valence-electron chi connectivity index (χ2n) is 3.72. The normalized spacial score (nSPS) is 10.6. The summed E-state index contributed by atoms with van der Waals surface area (Å²) in [7, 11) is 1.97. The molecular formula is C12H16N3O2S+. The van der Waals surface area contributed by atoms with Crippen LogP contribution in [0.25, 0.3) is 11.3 Å². The molecule has 18 heavy (non-hydrogen) atoms. The maximum Gasteiger partial charge on any atom is 0.254 e. The van der Waals surface area contributed by atoms with Crippen molar-refractivity contribution in [3.05, 3.63) is 24.5 Å². The quantitative estimate of drug-likeness (QED) is 0.586. The highest BCUT2D eigenvalue weighted by Crippen LogP contribution is 2.26. The van der Waals surface area contributed by atoms with Gasteiger partial charge in [-0.2, -0.15) is 4.37 Å². The highest BCUT2D eigenvalue weighted by molar-refractivity contribution is 6.99. The number of hydrogen-bond acceptors (Lipinski definition) is 5. The zero-order valence-corrected chi connectivity index (χ0v) is 11.3. The molecule has 2 aromatic rings. The van der Waals surface area contributed by atoms with Crippen LogP contribution < -0.4 is 9.30 Å². The van der Waals surface area contributed by atoms with Crippen molar-refractivity contribution in [2.45, 2.75) is 6.92 Å². The van der Waals surface area contributed by atoms with Gasteiger partial charge in [-0.05, 0) is 13.0 Å². The van der Waals surface area contributed by atoms with Gasteiger partial charge in [0.2, 0.25) is 0 Å². The van der Waals surface area contributed by atoms with E-state index in [1.807, 2.05) is 43.1 Å². The number of aryl methyl sites for hydroxylation is 1. The summed E-state index contributed by atoms with van der Waals surface area (Å²) in [6.45, 7) is 3.71. The zero-order valence-electron chi connectivity index (χ0n) is 10.5. The summed E-state index contributed by atoms with van der Waals surface area (Å²) in [4.78, 5) is 0. The van der Waals surface area contributed by atoms with Gasteiger partial charge in [-0.3, -0.25) is 0 Å². The minimum absolute atomic E-state index is 0.491. The van der Waals surface area contributed by atoms with Crippen molar-refractivity contribution in [3.63, 3.8) is 0 Å². The van der Waals surface area contributed by atoms with Crippen LogP contribution in [0, 0.1) is 0 Å². The van der Waals surface area contributed by atoms with Crippen molar-refractivity contribution in [2.75, 3.05) is 19.8 Å². The fraction of sp³-hybridized carbons (Fsp3) is 0.417. The zero-order chi connectivity index (χ0) is 12.8. The van der Waals surface area contributed by atoms with Gasteiger partial charge in [-0.15, -0.1) is 4.37 Å². The van der Waals surface area contributed by atoms with Crippen molar-refractivity contribution >= 4 is 11.7 Å². The van der Waals surface area contributed by atoms with E-state index < -0.39 is 0 Å². The van der Waals surface area contributed by atoms with E-state index >= 15 is 0 Å². The smallest absolute Gasteiger partial charge is 0.254 e. The Balaban J connectivity index is 2.08. The topological polar surface area (TPSA) is 48.1 Å². The van der Waals surface area contributed by atoms with Gasteiger partial charge in [0.05, 0.1) is 23.9 Å². The highest BCUT2D eigenvalue weighted by Gasteiger charge is 2.14. The molecule has 2 aromatic heterocycles. The molecule has 2 rings (SSSR count). The minimum Gasteiger partial charge on any atom is -0.473 e. The van der Waals surface area contributed by atoms with E-state index in [-0.39, 0.29) is 0 Å². The third kappa shape index (κ3) is 3.24. The molecule has 96 valence electrons. The predicted octanol–water partition coefficient (Wildman–Crippen LogP) is 1.44. The Kier molecular flexibility index (Phi) is 4.60. The van der Waals surface area contributed by atoms with Crippen LogP contribution in [0.15, 0.2) is 24.5 Å². The van der Waals surface area contributed by atoms with E-state index in [1.54, 1.807) is 0 Å². The maximum atomic E-state index is 5.58. The van der Waals surface area contributed by atoms with E-state index in [2.05, 4.69) is 8.75 Å². The summed E-state index contributed by atoms with van der Waals surface area (Å²) in [5.74, 6) is 0.575. The molecule has 0 unspecified atom stereocenters. The van der Waals surface area contributed by atoms with E-state index in [4.69, 9.17) is 9.47 Å². The number of ether oxygens (including phenoxy) is 2. The number of hydrogen-bond donors (Lipinski definition) is 0. The lowest BCUT2D eigenvalue weighted by Crippen LogP contribution is -2.26. The second kappa shape index (κ2) is 6.42. The summed E-state index contributed by atoms with van der Waals surface area (Å²) in [5.41, 5.74) is 1.79. The molecule has 0 radical (unpaired) electrons. The van der Waals surface area contributed by atoms with Crippen LogP contribution in [0.4, 0.5) is 0 Å². The summed E-state index contributed by atoms with van der Waals surface area (Å²) in [6, 6.07) is 3.96. The average Bonchev–Trinajstić information content (AvgIpc) is 2.83. The summed E-state index contributed by atoms with van der Waals surface area (Å²) in [5, 5.41) is 0. The van der Waals surface area contributed by atoms with Gasteiger partial charge in [-0.1, -0.05) is 0 Å². The van der Waals surface area contributed by atoms with Crippen LogP contribution in [-0.4, -0.2) is 28.6 Å².